The molecule has 0 aromatic rings. The van der Waals surface area contributed by atoms with E-state index in [-0.39, 0.29) is 12.8 Å². The summed E-state index contributed by atoms with van der Waals surface area (Å²) < 4.78 is 0. The number of carboxylic acids is 2. The molecule has 0 aliphatic rings. The monoisotopic (exact) mass is 448 g/mol. The lowest BCUT2D eigenvalue weighted by atomic mass is 9.81. The first-order valence-corrected chi connectivity index (χ1v) is 12.9. The Kier molecular flexibility index (Phi) is 21.1. The molecule has 0 fully saturated rings. The first kappa shape index (κ1) is 30.2. The summed E-state index contributed by atoms with van der Waals surface area (Å²) in [7, 11) is 0. The maximum Gasteiger partial charge on any atom is 0.303 e. The number of carboxylic acid groups (broad SMARTS) is 2. The largest absolute Gasteiger partial charge is 0.481 e. The Morgan fingerprint density at radius 1 is 0.656 bits per heavy atom. The Morgan fingerprint density at radius 2 is 1.28 bits per heavy atom. The standard InChI is InChI=1S/C28H48O4/c1-3-5-7-8-9-11-15-21-26(22-18-24-28(31)32)25(19-14-6-4-2)20-16-12-10-13-17-23-27(29)30/h9-12,15,21,25-26H,3-8,13-14,16-20,22-24H2,1-2H3,(H,29,30)(H,31,32)/b11-9-,12-10+,21-15+. The lowest BCUT2D eigenvalue weighted by molar-refractivity contribution is -0.138. The van der Waals surface area contributed by atoms with Gasteiger partial charge in [-0.05, 0) is 69.6 Å². The number of aliphatic carboxylic acids is 2. The van der Waals surface area contributed by atoms with Gasteiger partial charge in [-0.25, -0.2) is 0 Å². The van der Waals surface area contributed by atoms with Gasteiger partial charge in [-0.2, -0.15) is 0 Å². The van der Waals surface area contributed by atoms with Crippen molar-refractivity contribution in [2.24, 2.45) is 11.8 Å². The normalized spacial score (nSPS) is 13.9. The average molecular weight is 449 g/mol. The summed E-state index contributed by atoms with van der Waals surface area (Å²) in [6, 6.07) is 0. The Hall–Kier alpha value is -1.84. The van der Waals surface area contributed by atoms with Gasteiger partial charge in [0.15, 0.2) is 0 Å². The van der Waals surface area contributed by atoms with Crippen LogP contribution in [-0.2, 0) is 9.59 Å². The smallest absolute Gasteiger partial charge is 0.303 e. The highest BCUT2D eigenvalue weighted by Crippen LogP contribution is 2.30. The van der Waals surface area contributed by atoms with Crippen LogP contribution in [0.2, 0.25) is 0 Å². The van der Waals surface area contributed by atoms with Crippen LogP contribution in [0.4, 0.5) is 0 Å². The minimum atomic E-state index is -0.732. The molecule has 4 heteroatoms. The van der Waals surface area contributed by atoms with Crippen LogP contribution in [0.5, 0.6) is 0 Å². The second kappa shape index (κ2) is 22.4. The van der Waals surface area contributed by atoms with Crippen molar-refractivity contribution in [1.82, 2.24) is 0 Å². The number of unbranched alkanes of at least 4 members (excludes halogenated alkanes) is 6. The summed E-state index contributed by atoms with van der Waals surface area (Å²) in [6.45, 7) is 4.44. The van der Waals surface area contributed by atoms with Gasteiger partial charge in [0.2, 0.25) is 0 Å². The third-order valence-corrected chi connectivity index (χ3v) is 5.92. The van der Waals surface area contributed by atoms with Gasteiger partial charge >= 0.3 is 11.9 Å². The van der Waals surface area contributed by atoms with Gasteiger partial charge < -0.3 is 10.2 Å². The second-order valence-electron chi connectivity index (χ2n) is 8.85. The van der Waals surface area contributed by atoms with Crippen molar-refractivity contribution in [3.63, 3.8) is 0 Å². The molecule has 0 aliphatic carbocycles. The molecule has 0 saturated carbocycles. The van der Waals surface area contributed by atoms with E-state index in [9.17, 15) is 9.59 Å². The predicted octanol–water partition coefficient (Wildman–Crippen LogP) is 8.34. The second-order valence-corrected chi connectivity index (χ2v) is 8.85. The Morgan fingerprint density at radius 3 is 1.97 bits per heavy atom. The number of hydrogen-bond acceptors (Lipinski definition) is 2. The van der Waals surface area contributed by atoms with E-state index in [1.165, 1.54) is 44.9 Å². The van der Waals surface area contributed by atoms with Gasteiger partial charge in [-0.15, -0.1) is 0 Å². The lowest BCUT2D eigenvalue weighted by Gasteiger charge is -2.25. The zero-order chi connectivity index (χ0) is 23.9. The summed E-state index contributed by atoms with van der Waals surface area (Å²) in [6.07, 6.45) is 28.6. The molecule has 0 saturated heterocycles. The van der Waals surface area contributed by atoms with Gasteiger partial charge in [-0.3, -0.25) is 9.59 Å². The fourth-order valence-corrected chi connectivity index (χ4v) is 4.02. The van der Waals surface area contributed by atoms with Crippen molar-refractivity contribution in [3.05, 3.63) is 36.5 Å². The zero-order valence-electron chi connectivity index (χ0n) is 20.6. The van der Waals surface area contributed by atoms with Crippen LogP contribution in [0.1, 0.15) is 117 Å². The SMILES string of the molecule is CCCCC/C=C\C=C\C(CCCC(=O)O)C(CC/C=C/CCCC(=O)O)CCCCC. The van der Waals surface area contributed by atoms with E-state index in [1.54, 1.807) is 0 Å². The Balaban J connectivity index is 4.89. The molecule has 2 N–H and O–H groups in total. The molecule has 0 rings (SSSR count). The van der Waals surface area contributed by atoms with E-state index < -0.39 is 11.9 Å². The van der Waals surface area contributed by atoms with Crippen LogP contribution in [-0.4, -0.2) is 22.2 Å². The van der Waals surface area contributed by atoms with Crippen molar-refractivity contribution in [3.8, 4) is 0 Å². The van der Waals surface area contributed by atoms with Crippen molar-refractivity contribution in [2.75, 3.05) is 0 Å². The van der Waals surface area contributed by atoms with Gasteiger partial charge in [-0.1, -0.05) is 82.4 Å². The third kappa shape index (κ3) is 20.1. The molecule has 0 aliphatic heterocycles. The predicted molar refractivity (Wildman–Crippen MR) is 135 cm³/mol. The molecule has 2 unspecified atom stereocenters. The maximum absolute atomic E-state index is 11.0. The van der Waals surface area contributed by atoms with Crippen LogP contribution in [0.3, 0.4) is 0 Å². The first-order valence-electron chi connectivity index (χ1n) is 12.9. The van der Waals surface area contributed by atoms with Crippen LogP contribution < -0.4 is 0 Å². The molecule has 0 spiro atoms. The molecule has 184 valence electrons. The quantitative estimate of drug-likeness (QED) is 0.0991. The highest BCUT2D eigenvalue weighted by atomic mass is 16.4. The Bertz CT molecular complexity index is 548. The topological polar surface area (TPSA) is 74.6 Å². The average Bonchev–Trinajstić information content (AvgIpc) is 2.75. The van der Waals surface area contributed by atoms with E-state index in [0.29, 0.717) is 18.3 Å². The van der Waals surface area contributed by atoms with Crippen molar-refractivity contribution in [2.45, 2.75) is 117 Å². The first-order chi connectivity index (χ1) is 15.5. The number of allylic oxidation sites excluding steroid dienone is 6. The fraction of sp³-hybridized carbons (Fsp3) is 0.714. The Labute approximate surface area is 196 Å². The van der Waals surface area contributed by atoms with Crippen molar-refractivity contribution >= 4 is 11.9 Å². The molecule has 32 heavy (non-hydrogen) atoms. The highest BCUT2D eigenvalue weighted by molar-refractivity contribution is 5.66. The molecular weight excluding hydrogens is 400 g/mol. The molecule has 0 heterocycles. The summed E-state index contributed by atoms with van der Waals surface area (Å²) in [5.74, 6) is -0.476. The van der Waals surface area contributed by atoms with Gasteiger partial charge in [0.1, 0.15) is 0 Å². The van der Waals surface area contributed by atoms with Crippen LogP contribution >= 0.6 is 0 Å². The number of hydrogen-bond donors (Lipinski definition) is 2. The van der Waals surface area contributed by atoms with Crippen molar-refractivity contribution in [1.29, 1.82) is 0 Å². The molecule has 0 amide bonds. The van der Waals surface area contributed by atoms with Crippen LogP contribution in [0.15, 0.2) is 36.5 Å². The molecular formula is C28H48O4. The third-order valence-electron chi connectivity index (χ3n) is 5.92. The van der Waals surface area contributed by atoms with E-state index >= 15 is 0 Å². The fourth-order valence-electron chi connectivity index (χ4n) is 4.02. The van der Waals surface area contributed by atoms with Gasteiger partial charge in [0.05, 0.1) is 0 Å². The minimum absolute atomic E-state index is 0.229. The maximum atomic E-state index is 11.0. The summed E-state index contributed by atoms with van der Waals surface area (Å²) in [4.78, 5) is 21.6. The van der Waals surface area contributed by atoms with Gasteiger partial charge in [0, 0.05) is 12.8 Å². The van der Waals surface area contributed by atoms with Crippen LogP contribution in [0.25, 0.3) is 0 Å². The van der Waals surface area contributed by atoms with E-state index in [4.69, 9.17) is 10.2 Å². The van der Waals surface area contributed by atoms with Crippen LogP contribution in [0, 0.1) is 11.8 Å². The minimum Gasteiger partial charge on any atom is -0.481 e. The molecule has 2 atom stereocenters. The summed E-state index contributed by atoms with van der Waals surface area (Å²) in [5, 5.41) is 17.8. The van der Waals surface area contributed by atoms with E-state index in [1.807, 2.05) is 0 Å². The summed E-state index contributed by atoms with van der Waals surface area (Å²) >= 11 is 0. The highest BCUT2D eigenvalue weighted by Gasteiger charge is 2.18. The van der Waals surface area contributed by atoms with Gasteiger partial charge in [0.25, 0.3) is 0 Å². The molecule has 0 radical (unpaired) electrons. The number of rotatable bonds is 22. The summed E-state index contributed by atoms with van der Waals surface area (Å²) in [5.41, 5.74) is 0. The number of carbonyl (C=O) groups is 2. The van der Waals surface area contributed by atoms with Crippen molar-refractivity contribution < 1.29 is 19.8 Å². The molecule has 0 aromatic heterocycles. The molecule has 0 bridgehead atoms. The molecule has 4 nitrogen and oxygen atoms in total. The van der Waals surface area contributed by atoms with E-state index in [2.05, 4.69) is 50.3 Å². The zero-order valence-corrected chi connectivity index (χ0v) is 20.6. The molecule has 0 aromatic carbocycles. The van der Waals surface area contributed by atoms with E-state index in [0.717, 1.165) is 38.5 Å². The lowest BCUT2D eigenvalue weighted by Crippen LogP contribution is -2.14.